The minimum atomic E-state index is -4.11. The SMILES string of the molecule is COP(=O)(O)OC[C@H]1O[C@@H](n2cnc3c(C)ncnc32)C[C@@H]1O. The molecule has 0 spiro atoms. The lowest BCUT2D eigenvalue weighted by Crippen LogP contribution is -2.26. The Balaban J connectivity index is 1.75. The molecule has 0 aromatic carbocycles. The molecule has 1 fully saturated rings. The van der Waals surface area contributed by atoms with Gasteiger partial charge >= 0.3 is 7.82 Å². The van der Waals surface area contributed by atoms with E-state index in [4.69, 9.17) is 9.26 Å². The summed E-state index contributed by atoms with van der Waals surface area (Å²) in [5, 5.41) is 10.1. The van der Waals surface area contributed by atoms with E-state index in [9.17, 15) is 14.6 Å². The first-order chi connectivity index (χ1) is 10.9. The van der Waals surface area contributed by atoms with Gasteiger partial charge in [0, 0.05) is 13.5 Å². The number of phosphoric acid groups is 1. The van der Waals surface area contributed by atoms with Gasteiger partial charge in [0.05, 0.1) is 24.7 Å². The molecule has 1 aliphatic rings. The molecule has 0 saturated carbocycles. The van der Waals surface area contributed by atoms with Crippen molar-refractivity contribution in [1.82, 2.24) is 19.5 Å². The van der Waals surface area contributed by atoms with Gasteiger partial charge in [-0.25, -0.2) is 19.5 Å². The van der Waals surface area contributed by atoms with Crippen LogP contribution >= 0.6 is 7.82 Å². The van der Waals surface area contributed by atoms with Crippen LogP contribution < -0.4 is 0 Å². The minimum absolute atomic E-state index is 0.264. The number of aryl methyl sites for hydroxylation is 1. The van der Waals surface area contributed by atoms with E-state index in [2.05, 4.69) is 19.5 Å². The molecule has 126 valence electrons. The number of aliphatic hydroxyl groups excluding tert-OH is 1. The lowest BCUT2D eigenvalue weighted by molar-refractivity contribution is -0.0431. The molecule has 3 rings (SSSR count). The molecule has 1 unspecified atom stereocenters. The van der Waals surface area contributed by atoms with Crippen molar-refractivity contribution < 1.29 is 28.3 Å². The highest BCUT2D eigenvalue weighted by Crippen LogP contribution is 2.43. The van der Waals surface area contributed by atoms with E-state index in [-0.39, 0.29) is 13.0 Å². The number of ether oxygens (including phenoxy) is 1. The average molecular weight is 344 g/mol. The van der Waals surface area contributed by atoms with Crippen LogP contribution in [0.3, 0.4) is 0 Å². The molecule has 2 N–H and O–H groups in total. The van der Waals surface area contributed by atoms with Crippen LogP contribution in [0.5, 0.6) is 0 Å². The molecular weight excluding hydrogens is 327 g/mol. The van der Waals surface area contributed by atoms with Gasteiger partial charge in [-0.3, -0.25) is 13.6 Å². The summed E-state index contributed by atoms with van der Waals surface area (Å²) in [6, 6.07) is 0. The van der Waals surface area contributed by atoms with E-state index < -0.39 is 26.3 Å². The lowest BCUT2D eigenvalue weighted by atomic mass is 10.2. The zero-order valence-electron chi connectivity index (χ0n) is 12.6. The molecule has 0 amide bonds. The third-order valence-corrected chi connectivity index (χ3v) is 4.63. The van der Waals surface area contributed by atoms with E-state index in [1.165, 1.54) is 6.33 Å². The molecular formula is C12H17N4O6P. The number of aromatic nitrogens is 4. The number of rotatable bonds is 5. The molecule has 1 saturated heterocycles. The number of imidazole rings is 1. The summed E-state index contributed by atoms with van der Waals surface area (Å²) in [5.41, 5.74) is 2.00. The highest BCUT2D eigenvalue weighted by atomic mass is 31.2. The van der Waals surface area contributed by atoms with Crippen molar-refractivity contribution >= 4 is 19.0 Å². The maximum absolute atomic E-state index is 11.3. The summed E-state index contributed by atoms with van der Waals surface area (Å²) in [5.74, 6) is 0. The third-order valence-electron chi connectivity index (χ3n) is 3.69. The first-order valence-electron chi connectivity index (χ1n) is 6.92. The molecule has 3 heterocycles. The Kier molecular flexibility index (Phi) is 4.45. The Bertz CT molecular complexity index is 752. The van der Waals surface area contributed by atoms with Crippen LogP contribution in [0.1, 0.15) is 18.3 Å². The van der Waals surface area contributed by atoms with Crippen LogP contribution in [0, 0.1) is 6.92 Å². The lowest BCUT2D eigenvalue weighted by Gasteiger charge is -2.17. The predicted octanol–water partition coefficient (Wildman–Crippen LogP) is 0.547. The Morgan fingerprint density at radius 2 is 2.26 bits per heavy atom. The first-order valence-corrected chi connectivity index (χ1v) is 8.41. The Morgan fingerprint density at radius 1 is 1.48 bits per heavy atom. The topological polar surface area (TPSA) is 129 Å². The summed E-state index contributed by atoms with van der Waals surface area (Å²) < 4.78 is 27.8. The maximum atomic E-state index is 11.3. The Hall–Kier alpha value is -1.42. The van der Waals surface area contributed by atoms with Crippen LogP contribution in [0.2, 0.25) is 0 Å². The van der Waals surface area contributed by atoms with Crippen molar-refractivity contribution in [3.8, 4) is 0 Å². The van der Waals surface area contributed by atoms with E-state index in [0.717, 1.165) is 12.8 Å². The zero-order chi connectivity index (χ0) is 16.6. The van der Waals surface area contributed by atoms with Crippen LogP contribution in [0.4, 0.5) is 0 Å². The summed E-state index contributed by atoms with van der Waals surface area (Å²) in [7, 11) is -3.04. The molecule has 2 aromatic rings. The van der Waals surface area contributed by atoms with Crippen LogP contribution in [-0.4, -0.2) is 55.4 Å². The first kappa shape index (κ1) is 16.4. The highest BCUT2D eigenvalue weighted by Gasteiger charge is 2.37. The van der Waals surface area contributed by atoms with Gasteiger partial charge in [0.15, 0.2) is 5.65 Å². The fourth-order valence-electron chi connectivity index (χ4n) is 2.44. The third kappa shape index (κ3) is 3.27. The molecule has 0 radical (unpaired) electrons. The summed E-state index contributed by atoms with van der Waals surface area (Å²) >= 11 is 0. The van der Waals surface area contributed by atoms with E-state index in [0.29, 0.717) is 11.2 Å². The van der Waals surface area contributed by atoms with E-state index >= 15 is 0 Å². The molecule has 1 aliphatic heterocycles. The average Bonchev–Trinajstić information content (AvgIpc) is 3.10. The Labute approximate surface area is 131 Å². The van der Waals surface area contributed by atoms with Gasteiger partial charge in [-0.2, -0.15) is 0 Å². The number of fused-ring (bicyclic) bond motifs is 1. The molecule has 2 aromatic heterocycles. The highest BCUT2D eigenvalue weighted by molar-refractivity contribution is 7.47. The van der Waals surface area contributed by atoms with Crippen LogP contribution in [0.25, 0.3) is 11.2 Å². The smallest absolute Gasteiger partial charge is 0.390 e. The predicted molar refractivity (Wildman–Crippen MR) is 77.4 cm³/mol. The van der Waals surface area contributed by atoms with Gasteiger partial charge in [-0.1, -0.05) is 0 Å². The Morgan fingerprint density at radius 3 is 3.00 bits per heavy atom. The molecule has 23 heavy (non-hydrogen) atoms. The van der Waals surface area contributed by atoms with Crippen molar-refractivity contribution in [3.63, 3.8) is 0 Å². The second kappa shape index (κ2) is 6.23. The summed E-state index contributed by atoms with van der Waals surface area (Å²) in [6.45, 7) is 1.56. The number of phosphoric ester groups is 1. The largest absolute Gasteiger partial charge is 0.472 e. The van der Waals surface area contributed by atoms with Gasteiger partial charge in [0.1, 0.15) is 24.2 Å². The number of hydrogen-bond acceptors (Lipinski definition) is 8. The van der Waals surface area contributed by atoms with E-state index in [1.807, 2.05) is 6.92 Å². The van der Waals surface area contributed by atoms with Gasteiger partial charge in [-0.15, -0.1) is 0 Å². The summed E-state index contributed by atoms with van der Waals surface area (Å²) in [6.07, 6.45) is 1.18. The van der Waals surface area contributed by atoms with Gasteiger partial charge in [-0.05, 0) is 6.92 Å². The fourth-order valence-corrected chi connectivity index (χ4v) is 2.88. The number of hydrogen-bond donors (Lipinski definition) is 2. The second-order valence-corrected chi connectivity index (χ2v) is 6.72. The zero-order valence-corrected chi connectivity index (χ0v) is 13.5. The van der Waals surface area contributed by atoms with Crippen LogP contribution in [-0.2, 0) is 18.3 Å². The molecule has 0 aliphatic carbocycles. The second-order valence-electron chi connectivity index (χ2n) is 5.16. The summed E-state index contributed by atoms with van der Waals surface area (Å²) in [4.78, 5) is 21.7. The van der Waals surface area contributed by atoms with Crippen LogP contribution in [0.15, 0.2) is 12.7 Å². The number of nitrogens with zero attached hydrogens (tertiary/aromatic N) is 4. The minimum Gasteiger partial charge on any atom is -0.390 e. The van der Waals surface area contributed by atoms with Gasteiger partial charge in [0.25, 0.3) is 0 Å². The maximum Gasteiger partial charge on any atom is 0.472 e. The van der Waals surface area contributed by atoms with Crippen molar-refractivity contribution in [2.45, 2.75) is 31.8 Å². The van der Waals surface area contributed by atoms with Crippen molar-refractivity contribution in [2.24, 2.45) is 0 Å². The van der Waals surface area contributed by atoms with E-state index in [1.54, 1.807) is 10.9 Å². The molecule has 0 bridgehead atoms. The molecule has 11 heteroatoms. The van der Waals surface area contributed by atoms with Gasteiger partial charge in [0.2, 0.25) is 0 Å². The van der Waals surface area contributed by atoms with Crippen molar-refractivity contribution in [2.75, 3.05) is 13.7 Å². The fraction of sp³-hybridized carbons (Fsp3) is 0.583. The normalized spacial score (nSPS) is 27.4. The molecule has 10 nitrogen and oxygen atoms in total. The molecule has 4 atom stereocenters. The standard InChI is InChI=1S/C12H17N4O6P/c1-7-11-12(14-5-13-7)16(6-15-11)10-3-8(17)9(22-10)4-21-23(18,19)20-2/h5-6,8-10,17H,3-4H2,1-2H3,(H,18,19)/t8-,9+,10+/m0/s1. The van der Waals surface area contributed by atoms with Gasteiger partial charge < -0.3 is 14.7 Å². The quantitative estimate of drug-likeness (QED) is 0.747. The number of aliphatic hydroxyl groups is 1. The monoisotopic (exact) mass is 344 g/mol. The van der Waals surface area contributed by atoms with Crippen molar-refractivity contribution in [1.29, 1.82) is 0 Å². The van der Waals surface area contributed by atoms with Crippen molar-refractivity contribution in [3.05, 3.63) is 18.3 Å².